The fraction of sp³-hybridized carbons (Fsp3) is 0.389. The zero-order valence-corrected chi connectivity index (χ0v) is 14.9. The van der Waals surface area contributed by atoms with E-state index < -0.39 is 36.2 Å². The van der Waals surface area contributed by atoms with Crippen molar-refractivity contribution in [2.45, 2.75) is 26.3 Å². The smallest absolute Gasteiger partial charge is 0.322 e. The van der Waals surface area contributed by atoms with E-state index in [2.05, 4.69) is 10.6 Å². The van der Waals surface area contributed by atoms with Gasteiger partial charge in [0.1, 0.15) is 24.1 Å². The van der Waals surface area contributed by atoms with E-state index in [1.54, 1.807) is 23.7 Å². The van der Waals surface area contributed by atoms with Crippen LogP contribution in [0.15, 0.2) is 24.3 Å². The van der Waals surface area contributed by atoms with E-state index >= 15 is 0 Å². The van der Waals surface area contributed by atoms with Crippen molar-refractivity contribution < 1.29 is 23.9 Å². The van der Waals surface area contributed by atoms with Crippen LogP contribution >= 0.6 is 0 Å². The summed E-state index contributed by atoms with van der Waals surface area (Å²) < 4.78 is 15.0. The van der Waals surface area contributed by atoms with Crippen LogP contribution < -0.4 is 10.6 Å². The van der Waals surface area contributed by atoms with Crippen LogP contribution in [0, 0.1) is 11.7 Å². The predicted octanol–water partition coefficient (Wildman–Crippen LogP) is 1.66. The fourth-order valence-electron chi connectivity index (χ4n) is 2.76. The van der Waals surface area contributed by atoms with Gasteiger partial charge in [-0.1, -0.05) is 13.8 Å². The Hall–Kier alpha value is -2.90. The number of aliphatic carboxylic acids is 1. The summed E-state index contributed by atoms with van der Waals surface area (Å²) in [5.74, 6) is -2.50. The molecule has 0 saturated carbocycles. The number of carbonyl (C=O) groups is 3. The molecule has 1 aromatic heterocycles. The molecule has 0 bridgehead atoms. The Morgan fingerprint density at radius 3 is 2.54 bits per heavy atom. The Bertz CT molecular complexity index is 844. The van der Waals surface area contributed by atoms with Crippen LogP contribution in [-0.2, 0) is 16.6 Å². The van der Waals surface area contributed by atoms with Gasteiger partial charge in [-0.05, 0) is 36.6 Å². The van der Waals surface area contributed by atoms with Crippen LogP contribution in [0.25, 0.3) is 10.9 Å². The lowest BCUT2D eigenvalue weighted by molar-refractivity contribution is -0.138. The molecule has 7 nitrogen and oxygen atoms in total. The summed E-state index contributed by atoms with van der Waals surface area (Å²) in [7, 11) is 1.68. The highest BCUT2D eigenvalue weighted by atomic mass is 19.1. The van der Waals surface area contributed by atoms with Crippen molar-refractivity contribution in [1.29, 1.82) is 0 Å². The molecule has 3 N–H and O–H groups in total. The topological polar surface area (TPSA) is 100 Å². The fourth-order valence-corrected chi connectivity index (χ4v) is 2.76. The molecule has 1 aromatic carbocycles. The first-order valence-corrected chi connectivity index (χ1v) is 8.24. The van der Waals surface area contributed by atoms with Gasteiger partial charge in [-0.15, -0.1) is 0 Å². The second kappa shape index (κ2) is 7.99. The second-order valence-corrected chi connectivity index (χ2v) is 6.56. The highest BCUT2D eigenvalue weighted by Gasteiger charge is 2.24. The van der Waals surface area contributed by atoms with Crippen molar-refractivity contribution >= 4 is 28.7 Å². The first-order valence-electron chi connectivity index (χ1n) is 8.24. The third kappa shape index (κ3) is 4.59. The number of hydrogen-bond acceptors (Lipinski definition) is 3. The first kappa shape index (κ1) is 19.4. The Kier molecular flexibility index (Phi) is 5.97. The molecular weight excluding hydrogens is 341 g/mol. The number of aryl methyl sites for hydroxylation is 1. The van der Waals surface area contributed by atoms with Crippen LogP contribution in [0.5, 0.6) is 0 Å². The highest BCUT2D eigenvalue weighted by molar-refractivity contribution is 6.01. The molecule has 8 heteroatoms. The molecule has 2 aromatic rings. The van der Waals surface area contributed by atoms with Crippen molar-refractivity contribution in [2.75, 3.05) is 6.54 Å². The standard InChI is InChI=1S/C18H22FN3O4/c1-10(2)6-13(17(25)20-9-16(23)24)21-18(26)15-8-11-7-12(19)4-5-14(11)22(15)3/h4-5,7-8,10,13H,6,9H2,1-3H3,(H,20,25)(H,21,26)(H,23,24). The number of rotatable bonds is 7. The quantitative estimate of drug-likeness (QED) is 0.696. The molecule has 0 fully saturated rings. The lowest BCUT2D eigenvalue weighted by Crippen LogP contribution is -2.48. The molecular formula is C18H22FN3O4. The Morgan fingerprint density at radius 2 is 1.92 bits per heavy atom. The van der Waals surface area contributed by atoms with Gasteiger partial charge >= 0.3 is 5.97 Å². The number of carboxylic acids is 1. The molecule has 2 amide bonds. The number of carboxylic acid groups (broad SMARTS) is 1. The molecule has 1 atom stereocenters. The van der Waals surface area contributed by atoms with Crippen LogP contribution in [0.4, 0.5) is 4.39 Å². The van der Waals surface area contributed by atoms with Gasteiger partial charge in [0.25, 0.3) is 5.91 Å². The van der Waals surface area contributed by atoms with E-state index in [1.165, 1.54) is 12.1 Å². The largest absolute Gasteiger partial charge is 0.480 e. The summed E-state index contributed by atoms with van der Waals surface area (Å²) in [5, 5.41) is 14.2. The minimum atomic E-state index is -1.16. The van der Waals surface area contributed by atoms with Gasteiger partial charge in [0, 0.05) is 18.0 Å². The van der Waals surface area contributed by atoms with Crippen molar-refractivity contribution in [1.82, 2.24) is 15.2 Å². The number of halogens is 1. The normalized spacial score (nSPS) is 12.2. The summed E-state index contributed by atoms with van der Waals surface area (Å²) >= 11 is 0. The number of nitrogens with zero attached hydrogens (tertiary/aromatic N) is 1. The molecule has 0 radical (unpaired) electrons. The van der Waals surface area contributed by atoms with E-state index in [0.29, 0.717) is 17.3 Å². The van der Waals surface area contributed by atoms with Crippen molar-refractivity contribution in [3.05, 3.63) is 35.8 Å². The van der Waals surface area contributed by atoms with Gasteiger partial charge in [0.15, 0.2) is 0 Å². The van der Waals surface area contributed by atoms with Crippen LogP contribution in [0.2, 0.25) is 0 Å². The Labute approximate surface area is 150 Å². The monoisotopic (exact) mass is 363 g/mol. The minimum Gasteiger partial charge on any atom is -0.480 e. The van der Waals surface area contributed by atoms with Crippen molar-refractivity contribution in [3.8, 4) is 0 Å². The van der Waals surface area contributed by atoms with Crippen molar-refractivity contribution in [2.24, 2.45) is 13.0 Å². The molecule has 0 aliphatic rings. The maximum atomic E-state index is 13.4. The first-order chi connectivity index (χ1) is 12.2. The van der Waals surface area contributed by atoms with Gasteiger partial charge in [0.2, 0.25) is 5.91 Å². The van der Waals surface area contributed by atoms with E-state index in [-0.39, 0.29) is 11.6 Å². The number of fused-ring (bicyclic) bond motifs is 1. The van der Waals surface area contributed by atoms with E-state index in [9.17, 15) is 18.8 Å². The highest BCUT2D eigenvalue weighted by Crippen LogP contribution is 2.20. The van der Waals surface area contributed by atoms with Crippen LogP contribution in [-0.4, -0.2) is 40.0 Å². The number of aromatic nitrogens is 1. The third-order valence-electron chi connectivity index (χ3n) is 3.98. The van der Waals surface area contributed by atoms with Gasteiger partial charge in [-0.3, -0.25) is 14.4 Å². The summed E-state index contributed by atoms with van der Waals surface area (Å²) in [5.41, 5.74) is 0.970. The maximum Gasteiger partial charge on any atom is 0.322 e. The average Bonchev–Trinajstić information content (AvgIpc) is 2.87. The summed E-state index contributed by atoms with van der Waals surface area (Å²) in [6, 6.07) is 4.90. The van der Waals surface area contributed by atoms with E-state index in [4.69, 9.17) is 5.11 Å². The Balaban J connectivity index is 2.22. The lowest BCUT2D eigenvalue weighted by atomic mass is 10.0. The average molecular weight is 363 g/mol. The lowest BCUT2D eigenvalue weighted by Gasteiger charge is -2.20. The van der Waals surface area contributed by atoms with Gasteiger partial charge in [0.05, 0.1) is 0 Å². The molecule has 1 heterocycles. The number of amides is 2. The zero-order chi connectivity index (χ0) is 19.4. The summed E-state index contributed by atoms with van der Waals surface area (Å²) in [4.78, 5) is 35.5. The van der Waals surface area contributed by atoms with Gasteiger partial charge in [-0.2, -0.15) is 0 Å². The maximum absolute atomic E-state index is 13.4. The zero-order valence-electron chi connectivity index (χ0n) is 14.9. The molecule has 1 unspecified atom stereocenters. The van der Waals surface area contributed by atoms with Crippen molar-refractivity contribution in [3.63, 3.8) is 0 Å². The minimum absolute atomic E-state index is 0.109. The Morgan fingerprint density at radius 1 is 1.23 bits per heavy atom. The molecule has 0 aliphatic carbocycles. The molecule has 0 saturated heterocycles. The van der Waals surface area contributed by atoms with Gasteiger partial charge in [-0.25, -0.2) is 4.39 Å². The summed E-state index contributed by atoms with van der Waals surface area (Å²) in [6.07, 6.45) is 0.357. The molecule has 0 spiro atoms. The number of carbonyl (C=O) groups excluding carboxylic acids is 2. The summed E-state index contributed by atoms with van der Waals surface area (Å²) in [6.45, 7) is 3.27. The SMILES string of the molecule is CC(C)CC(NC(=O)c1cc2cc(F)ccc2n1C)C(=O)NCC(=O)O. The number of hydrogen-bond donors (Lipinski definition) is 3. The van der Waals surface area contributed by atoms with Crippen LogP contribution in [0.3, 0.4) is 0 Å². The number of nitrogens with one attached hydrogen (secondary N) is 2. The number of benzene rings is 1. The van der Waals surface area contributed by atoms with E-state index in [1.807, 2.05) is 13.8 Å². The second-order valence-electron chi connectivity index (χ2n) is 6.56. The third-order valence-corrected chi connectivity index (χ3v) is 3.98. The molecule has 140 valence electrons. The molecule has 0 aliphatic heterocycles. The predicted molar refractivity (Wildman–Crippen MR) is 94.2 cm³/mol. The molecule has 26 heavy (non-hydrogen) atoms. The molecule has 2 rings (SSSR count). The van der Waals surface area contributed by atoms with Crippen LogP contribution in [0.1, 0.15) is 30.8 Å². The van der Waals surface area contributed by atoms with E-state index in [0.717, 1.165) is 0 Å². The van der Waals surface area contributed by atoms with Gasteiger partial charge < -0.3 is 20.3 Å².